The van der Waals surface area contributed by atoms with Gasteiger partial charge in [0.25, 0.3) is 0 Å². The number of hydrogen-bond donors (Lipinski definition) is 4. The zero-order valence-electron chi connectivity index (χ0n) is 24.9. The second-order valence-electron chi connectivity index (χ2n) is 12.3. The number of aliphatic hydroxyl groups excluding tert-OH is 2. The van der Waals surface area contributed by atoms with E-state index in [9.17, 15) is 24.0 Å². The van der Waals surface area contributed by atoms with Gasteiger partial charge in [0.05, 0.1) is 28.9 Å². The van der Waals surface area contributed by atoms with Gasteiger partial charge in [-0.1, -0.05) is 93.5 Å². The number of hydrogen-bond acceptors (Lipinski definition) is 5. The van der Waals surface area contributed by atoms with E-state index in [1.54, 1.807) is 12.1 Å². The standard InChI is InChI=1S/C35H46N2O5S/c1-2-12-32(38)33(39)30(22-26-15-8-4-9-16-26)36-35(41)31(23-27-19-20-27)37-34(40)28(21-25-13-6-3-7-14-25)24-43(42)29-17-10-5-11-18-29/h1,3,5-7,10-11,13-14,17-18,26-28,30-33,38-39H,4,8-9,12,15-16,19-24H2,(H,36,41)(H,37,40)/t28-,30+,31+,32+,33-,43?/m1/s1. The highest BCUT2D eigenvalue weighted by atomic mass is 32.2. The molecule has 2 aliphatic rings. The van der Waals surface area contributed by atoms with Crippen LogP contribution < -0.4 is 10.6 Å². The highest BCUT2D eigenvalue weighted by Gasteiger charge is 2.36. The highest BCUT2D eigenvalue weighted by Crippen LogP contribution is 2.34. The summed E-state index contributed by atoms with van der Waals surface area (Å²) in [6.07, 6.45) is 11.9. The third-order valence-electron chi connectivity index (χ3n) is 8.73. The second-order valence-corrected chi connectivity index (χ2v) is 13.8. The van der Waals surface area contributed by atoms with Gasteiger partial charge in [-0.2, -0.15) is 0 Å². The quantitative estimate of drug-likeness (QED) is 0.215. The lowest BCUT2D eigenvalue weighted by Gasteiger charge is -2.33. The zero-order valence-corrected chi connectivity index (χ0v) is 25.7. The van der Waals surface area contributed by atoms with Crippen molar-refractivity contribution in [3.63, 3.8) is 0 Å². The monoisotopic (exact) mass is 606 g/mol. The molecule has 4 N–H and O–H groups in total. The van der Waals surface area contributed by atoms with Gasteiger partial charge in [0.2, 0.25) is 11.8 Å². The lowest BCUT2D eigenvalue weighted by Crippen LogP contribution is -2.56. The van der Waals surface area contributed by atoms with Crippen molar-refractivity contribution in [2.75, 3.05) is 5.75 Å². The largest absolute Gasteiger partial charge is 0.389 e. The smallest absolute Gasteiger partial charge is 0.242 e. The van der Waals surface area contributed by atoms with Crippen LogP contribution >= 0.6 is 0 Å². The molecule has 2 fully saturated rings. The molecule has 0 aromatic heterocycles. The number of aliphatic hydroxyl groups is 2. The lowest BCUT2D eigenvalue weighted by molar-refractivity contribution is -0.132. The van der Waals surface area contributed by atoms with Crippen LogP contribution in [0.25, 0.3) is 0 Å². The summed E-state index contributed by atoms with van der Waals surface area (Å²) < 4.78 is 13.3. The molecule has 6 atom stereocenters. The van der Waals surface area contributed by atoms with Gasteiger partial charge < -0.3 is 20.8 Å². The minimum Gasteiger partial charge on any atom is -0.389 e. The van der Waals surface area contributed by atoms with Gasteiger partial charge in [0.15, 0.2) is 0 Å². The van der Waals surface area contributed by atoms with Crippen LogP contribution in [-0.2, 0) is 26.8 Å². The first-order chi connectivity index (χ1) is 20.8. The maximum absolute atomic E-state index is 13.8. The maximum Gasteiger partial charge on any atom is 0.242 e. The van der Waals surface area contributed by atoms with E-state index in [-0.39, 0.29) is 24.0 Å². The van der Waals surface area contributed by atoms with E-state index in [0.29, 0.717) is 36.0 Å². The summed E-state index contributed by atoms with van der Waals surface area (Å²) in [4.78, 5) is 28.3. The minimum absolute atomic E-state index is 0.0137. The summed E-state index contributed by atoms with van der Waals surface area (Å²) in [6, 6.07) is 17.3. The molecule has 0 heterocycles. The predicted octanol–water partition coefficient (Wildman–Crippen LogP) is 4.14. The summed E-state index contributed by atoms with van der Waals surface area (Å²) in [5.41, 5.74) is 0.953. The van der Waals surface area contributed by atoms with Crippen LogP contribution in [0.5, 0.6) is 0 Å². The normalized spacial score (nSPS) is 19.7. The molecule has 8 heteroatoms. The van der Waals surface area contributed by atoms with Crippen molar-refractivity contribution in [2.24, 2.45) is 17.8 Å². The number of nitrogens with one attached hydrogen (secondary N) is 2. The number of benzene rings is 2. The number of carbonyl (C=O) groups excluding carboxylic acids is 2. The summed E-state index contributed by atoms with van der Waals surface area (Å²) >= 11 is 0. The molecule has 0 bridgehead atoms. The van der Waals surface area contributed by atoms with Crippen molar-refractivity contribution < 1.29 is 24.0 Å². The first-order valence-electron chi connectivity index (χ1n) is 15.7. The average molecular weight is 607 g/mol. The van der Waals surface area contributed by atoms with Crippen LogP contribution in [0.2, 0.25) is 0 Å². The van der Waals surface area contributed by atoms with Gasteiger partial charge in [-0.15, -0.1) is 12.3 Å². The Morgan fingerprint density at radius 3 is 2.12 bits per heavy atom. The highest BCUT2D eigenvalue weighted by molar-refractivity contribution is 7.85. The SMILES string of the molecule is C#CC[C@H](O)[C@H](O)[C@H](CC1CCCCC1)NC(=O)[C@H](CC1CC1)NC(=O)[C@H](Cc1ccccc1)CS(=O)c1ccccc1. The Hall–Kier alpha value is -2.99. The van der Waals surface area contributed by atoms with E-state index in [2.05, 4.69) is 16.6 Å². The van der Waals surface area contributed by atoms with Gasteiger partial charge in [-0.05, 0) is 48.8 Å². The molecule has 0 aliphatic heterocycles. The fourth-order valence-electron chi connectivity index (χ4n) is 6.04. The summed E-state index contributed by atoms with van der Waals surface area (Å²) in [5.74, 6) is 1.92. The van der Waals surface area contributed by atoms with Crippen LogP contribution in [-0.4, -0.2) is 56.3 Å². The molecule has 0 saturated heterocycles. The summed E-state index contributed by atoms with van der Waals surface area (Å²) in [7, 11) is -1.40. The molecule has 2 aliphatic carbocycles. The zero-order chi connectivity index (χ0) is 30.6. The topological polar surface area (TPSA) is 116 Å². The Kier molecular flexibility index (Phi) is 12.8. The van der Waals surface area contributed by atoms with Gasteiger partial charge in [0, 0.05) is 17.1 Å². The first-order valence-corrected chi connectivity index (χ1v) is 17.0. The number of carbonyl (C=O) groups is 2. The Morgan fingerprint density at radius 1 is 0.860 bits per heavy atom. The van der Waals surface area contributed by atoms with Gasteiger partial charge >= 0.3 is 0 Å². The molecular formula is C35H46N2O5S. The van der Waals surface area contributed by atoms with E-state index in [0.717, 1.165) is 44.1 Å². The predicted molar refractivity (Wildman–Crippen MR) is 169 cm³/mol. The number of rotatable bonds is 16. The fraction of sp³-hybridized carbons (Fsp3) is 0.543. The van der Waals surface area contributed by atoms with Crippen molar-refractivity contribution in [2.45, 2.75) is 99.8 Å². The van der Waals surface area contributed by atoms with E-state index < -0.39 is 41.0 Å². The van der Waals surface area contributed by atoms with Gasteiger partial charge in [0.1, 0.15) is 12.1 Å². The van der Waals surface area contributed by atoms with Crippen LogP contribution in [0.15, 0.2) is 65.6 Å². The van der Waals surface area contributed by atoms with E-state index in [4.69, 9.17) is 6.42 Å². The Bertz CT molecular complexity index is 1220. The van der Waals surface area contributed by atoms with E-state index in [1.807, 2.05) is 48.5 Å². The van der Waals surface area contributed by atoms with Crippen LogP contribution in [0.4, 0.5) is 0 Å². The van der Waals surface area contributed by atoms with E-state index in [1.165, 1.54) is 6.42 Å². The van der Waals surface area contributed by atoms with Crippen molar-refractivity contribution in [1.82, 2.24) is 10.6 Å². The van der Waals surface area contributed by atoms with Crippen LogP contribution in [0.1, 0.15) is 69.8 Å². The molecule has 7 nitrogen and oxygen atoms in total. The molecule has 232 valence electrons. The molecular weight excluding hydrogens is 560 g/mol. The molecule has 0 radical (unpaired) electrons. The Balaban J connectivity index is 1.50. The third kappa shape index (κ3) is 10.6. The maximum atomic E-state index is 13.8. The molecule has 2 amide bonds. The van der Waals surface area contributed by atoms with Crippen LogP contribution in [0, 0.1) is 30.1 Å². The van der Waals surface area contributed by atoms with E-state index >= 15 is 0 Å². The van der Waals surface area contributed by atoms with Crippen molar-refractivity contribution in [3.05, 3.63) is 66.2 Å². The van der Waals surface area contributed by atoms with Crippen molar-refractivity contribution in [1.29, 1.82) is 0 Å². The fourth-order valence-corrected chi connectivity index (χ4v) is 7.33. The molecule has 43 heavy (non-hydrogen) atoms. The molecule has 2 saturated carbocycles. The number of terminal acetylenes is 1. The van der Waals surface area contributed by atoms with Crippen LogP contribution in [0.3, 0.4) is 0 Å². The molecule has 4 rings (SSSR count). The third-order valence-corrected chi connectivity index (χ3v) is 10.2. The van der Waals surface area contributed by atoms with Crippen molar-refractivity contribution >= 4 is 22.6 Å². The summed E-state index contributed by atoms with van der Waals surface area (Å²) in [6.45, 7) is 0. The molecule has 2 aromatic rings. The van der Waals surface area contributed by atoms with Gasteiger partial charge in [-0.3, -0.25) is 13.8 Å². The Morgan fingerprint density at radius 2 is 1.49 bits per heavy atom. The average Bonchev–Trinajstić information content (AvgIpc) is 3.85. The minimum atomic E-state index is -1.40. The Labute approximate surface area is 258 Å². The lowest BCUT2D eigenvalue weighted by atomic mass is 9.82. The number of amides is 2. The van der Waals surface area contributed by atoms with Crippen molar-refractivity contribution in [3.8, 4) is 12.3 Å². The summed E-state index contributed by atoms with van der Waals surface area (Å²) in [5, 5.41) is 27.6. The van der Waals surface area contributed by atoms with Gasteiger partial charge in [-0.25, -0.2) is 0 Å². The first kappa shape index (κ1) is 32.9. The second kappa shape index (κ2) is 16.7. The molecule has 2 aromatic carbocycles. The molecule has 1 unspecified atom stereocenters. The molecule has 0 spiro atoms.